The van der Waals surface area contributed by atoms with Crippen molar-refractivity contribution in [2.45, 2.75) is 59.7 Å². The number of imidazole rings is 1. The monoisotopic (exact) mass is 267 g/mol. The van der Waals surface area contributed by atoms with Gasteiger partial charge in [-0.25, -0.2) is 4.98 Å². The molecule has 4 nitrogen and oxygen atoms in total. The molecule has 0 aliphatic carbocycles. The number of hydrogen-bond acceptors (Lipinski definition) is 3. The number of aryl methyl sites for hydroxylation is 1. The van der Waals surface area contributed by atoms with Crippen LogP contribution >= 0.6 is 0 Å². The molecule has 0 aliphatic heterocycles. The van der Waals surface area contributed by atoms with Crippen LogP contribution in [-0.4, -0.2) is 28.8 Å². The van der Waals surface area contributed by atoms with Crippen LogP contribution in [0.4, 0.5) is 0 Å². The van der Waals surface area contributed by atoms with Crippen molar-refractivity contribution < 1.29 is 4.74 Å². The summed E-state index contributed by atoms with van der Waals surface area (Å²) >= 11 is 0. The van der Waals surface area contributed by atoms with Gasteiger partial charge in [-0.05, 0) is 32.7 Å². The highest BCUT2D eigenvalue weighted by Gasteiger charge is 2.29. The van der Waals surface area contributed by atoms with E-state index >= 15 is 0 Å². The molecule has 1 heterocycles. The summed E-state index contributed by atoms with van der Waals surface area (Å²) in [4.78, 5) is 4.55. The van der Waals surface area contributed by atoms with E-state index in [2.05, 4.69) is 49.5 Å². The van der Waals surface area contributed by atoms with Crippen molar-refractivity contribution in [2.75, 3.05) is 13.2 Å². The van der Waals surface area contributed by atoms with Gasteiger partial charge in [-0.1, -0.05) is 20.8 Å². The van der Waals surface area contributed by atoms with Crippen molar-refractivity contribution in [2.24, 2.45) is 5.92 Å². The predicted molar refractivity (Wildman–Crippen MR) is 79.2 cm³/mol. The van der Waals surface area contributed by atoms with Gasteiger partial charge >= 0.3 is 0 Å². The van der Waals surface area contributed by atoms with Crippen molar-refractivity contribution in [3.8, 4) is 0 Å². The summed E-state index contributed by atoms with van der Waals surface area (Å²) < 4.78 is 8.17. The molecule has 2 atom stereocenters. The summed E-state index contributed by atoms with van der Waals surface area (Å²) in [6.45, 7) is 13.5. The van der Waals surface area contributed by atoms with Crippen molar-refractivity contribution in [3.63, 3.8) is 0 Å². The number of nitrogens with one attached hydrogen (secondary N) is 1. The van der Waals surface area contributed by atoms with E-state index < -0.39 is 0 Å². The Balaban J connectivity index is 2.97. The van der Waals surface area contributed by atoms with E-state index in [0.717, 1.165) is 31.9 Å². The van der Waals surface area contributed by atoms with Crippen LogP contribution in [0.25, 0.3) is 0 Å². The van der Waals surface area contributed by atoms with Gasteiger partial charge in [0, 0.05) is 25.5 Å². The third-order valence-electron chi connectivity index (χ3n) is 3.33. The van der Waals surface area contributed by atoms with Gasteiger partial charge in [-0.15, -0.1) is 0 Å². The Hall–Kier alpha value is -0.870. The molecular weight excluding hydrogens is 238 g/mol. The Bertz CT molecular complexity index is 349. The van der Waals surface area contributed by atoms with Crippen LogP contribution in [-0.2, 0) is 11.3 Å². The highest BCUT2D eigenvalue weighted by Crippen LogP contribution is 2.24. The maximum absolute atomic E-state index is 5.97. The average molecular weight is 267 g/mol. The van der Waals surface area contributed by atoms with E-state index in [1.165, 1.54) is 0 Å². The lowest BCUT2D eigenvalue weighted by Gasteiger charge is -2.30. The van der Waals surface area contributed by atoms with Crippen molar-refractivity contribution in [3.05, 3.63) is 18.2 Å². The van der Waals surface area contributed by atoms with Gasteiger partial charge < -0.3 is 14.6 Å². The minimum Gasteiger partial charge on any atom is -0.376 e. The lowest BCUT2D eigenvalue weighted by Crippen LogP contribution is -2.39. The summed E-state index contributed by atoms with van der Waals surface area (Å²) in [5.74, 6) is 1.54. The largest absolute Gasteiger partial charge is 0.376 e. The molecule has 0 radical (unpaired) electrons. The van der Waals surface area contributed by atoms with E-state index in [1.807, 2.05) is 12.4 Å². The SMILES string of the molecule is CCCNC(c1nccn1CC)C(OCC)C(C)C. The molecule has 1 rings (SSSR count). The number of hydrogen-bond donors (Lipinski definition) is 1. The van der Waals surface area contributed by atoms with Crippen LogP contribution in [0.5, 0.6) is 0 Å². The molecule has 0 spiro atoms. The fourth-order valence-electron chi connectivity index (χ4n) is 2.39. The Kier molecular flexibility index (Phi) is 7.10. The van der Waals surface area contributed by atoms with E-state index in [-0.39, 0.29) is 12.1 Å². The molecule has 1 N–H and O–H groups in total. The van der Waals surface area contributed by atoms with Gasteiger partial charge in [0.1, 0.15) is 5.82 Å². The maximum Gasteiger partial charge on any atom is 0.128 e. The molecule has 0 aromatic carbocycles. The second kappa shape index (κ2) is 8.33. The molecule has 0 fully saturated rings. The quantitative estimate of drug-likeness (QED) is 0.747. The van der Waals surface area contributed by atoms with E-state index in [4.69, 9.17) is 4.74 Å². The second-order valence-corrected chi connectivity index (χ2v) is 5.17. The molecule has 110 valence electrons. The van der Waals surface area contributed by atoms with E-state index in [1.54, 1.807) is 0 Å². The molecular formula is C15H29N3O. The van der Waals surface area contributed by atoms with Crippen molar-refractivity contribution in [1.82, 2.24) is 14.9 Å². The standard InChI is InChI=1S/C15H29N3O/c1-6-9-16-13(14(12(4)5)19-8-3)15-17-10-11-18(15)7-2/h10-14,16H,6-9H2,1-5H3. The molecule has 0 amide bonds. The Morgan fingerprint density at radius 3 is 2.58 bits per heavy atom. The number of ether oxygens (including phenoxy) is 1. The maximum atomic E-state index is 5.97. The highest BCUT2D eigenvalue weighted by molar-refractivity contribution is 5.03. The zero-order valence-electron chi connectivity index (χ0n) is 13.0. The Morgan fingerprint density at radius 2 is 2.05 bits per heavy atom. The number of nitrogens with zero attached hydrogens (tertiary/aromatic N) is 2. The van der Waals surface area contributed by atoms with Crippen LogP contribution < -0.4 is 5.32 Å². The van der Waals surface area contributed by atoms with Crippen molar-refractivity contribution in [1.29, 1.82) is 0 Å². The fourth-order valence-corrected chi connectivity index (χ4v) is 2.39. The lowest BCUT2D eigenvalue weighted by atomic mass is 9.98. The summed E-state index contributed by atoms with van der Waals surface area (Å²) in [6.07, 6.45) is 5.19. The third kappa shape index (κ3) is 4.32. The summed E-state index contributed by atoms with van der Waals surface area (Å²) in [5.41, 5.74) is 0. The summed E-state index contributed by atoms with van der Waals surface area (Å²) in [7, 11) is 0. The fraction of sp³-hybridized carbons (Fsp3) is 0.800. The van der Waals surface area contributed by atoms with Gasteiger partial charge in [0.15, 0.2) is 0 Å². The van der Waals surface area contributed by atoms with Crippen LogP contribution in [0.3, 0.4) is 0 Å². The van der Waals surface area contributed by atoms with Gasteiger partial charge in [0.2, 0.25) is 0 Å². The Morgan fingerprint density at radius 1 is 1.32 bits per heavy atom. The molecule has 4 heteroatoms. The smallest absolute Gasteiger partial charge is 0.128 e. The second-order valence-electron chi connectivity index (χ2n) is 5.17. The first kappa shape index (κ1) is 16.2. The number of rotatable bonds is 9. The molecule has 19 heavy (non-hydrogen) atoms. The normalized spacial score (nSPS) is 14.8. The molecule has 0 bridgehead atoms. The lowest BCUT2D eigenvalue weighted by molar-refractivity contribution is -0.0000263. The van der Waals surface area contributed by atoms with E-state index in [9.17, 15) is 0 Å². The van der Waals surface area contributed by atoms with Crippen LogP contribution in [0, 0.1) is 5.92 Å². The molecule has 0 aliphatic rings. The molecule has 0 saturated carbocycles. The molecule has 1 aromatic rings. The third-order valence-corrected chi connectivity index (χ3v) is 3.33. The minimum atomic E-state index is 0.157. The first-order valence-corrected chi connectivity index (χ1v) is 7.51. The molecule has 0 saturated heterocycles. The van der Waals surface area contributed by atoms with E-state index in [0.29, 0.717) is 5.92 Å². The van der Waals surface area contributed by atoms with Gasteiger partial charge in [-0.2, -0.15) is 0 Å². The number of aromatic nitrogens is 2. The Labute approximate surface area is 117 Å². The van der Waals surface area contributed by atoms with Gasteiger partial charge in [0.25, 0.3) is 0 Å². The van der Waals surface area contributed by atoms with Crippen LogP contribution in [0.15, 0.2) is 12.4 Å². The van der Waals surface area contributed by atoms with Crippen LogP contribution in [0.2, 0.25) is 0 Å². The first-order valence-electron chi connectivity index (χ1n) is 7.51. The van der Waals surface area contributed by atoms with Gasteiger partial charge in [-0.3, -0.25) is 0 Å². The molecule has 1 aromatic heterocycles. The molecule has 2 unspecified atom stereocenters. The minimum absolute atomic E-state index is 0.157. The summed E-state index contributed by atoms with van der Waals surface area (Å²) in [5, 5.41) is 3.60. The topological polar surface area (TPSA) is 39.1 Å². The first-order chi connectivity index (χ1) is 9.15. The van der Waals surface area contributed by atoms with Crippen LogP contribution in [0.1, 0.15) is 52.9 Å². The summed E-state index contributed by atoms with van der Waals surface area (Å²) in [6, 6.07) is 0.162. The predicted octanol–water partition coefficient (Wildman–Crippen LogP) is 3.00. The van der Waals surface area contributed by atoms with Gasteiger partial charge in [0.05, 0.1) is 12.1 Å². The average Bonchev–Trinajstić information content (AvgIpc) is 2.86. The highest BCUT2D eigenvalue weighted by atomic mass is 16.5. The zero-order valence-corrected chi connectivity index (χ0v) is 13.0. The zero-order chi connectivity index (χ0) is 14.3. The van der Waals surface area contributed by atoms with Crippen molar-refractivity contribution >= 4 is 0 Å².